The molecular formula is C21H31N3O11. The van der Waals surface area contributed by atoms with Crippen LogP contribution in [-0.2, 0) is 33.3 Å². The maximum atomic E-state index is 13.2. The lowest BCUT2D eigenvalue weighted by Crippen LogP contribution is -2.57. The molecular weight excluding hydrogens is 470 g/mol. The molecule has 0 bridgehead atoms. The smallest absolute Gasteiger partial charge is 0.340 e. The van der Waals surface area contributed by atoms with Gasteiger partial charge in [0.25, 0.3) is 0 Å². The van der Waals surface area contributed by atoms with Crippen LogP contribution >= 0.6 is 0 Å². The fourth-order valence-electron chi connectivity index (χ4n) is 2.98. The quantitative estimate of drug-likeness (QED) is 0.206. The van der Waals surface area contributed by atoms with E-state index in [0.717, 1.165) is 12.2 Å². The minimum atomic E-state index is -1.33. The number of aliphatic hydroxyl groups is 1. The Balaban J connectivity index is 3.58. The number of ether oxygens (including phenoxy) is 5. The van der Waals surface area contributed by atoms with Crippen LogP contribution in [0, 0.1) is 0 Å². The summed E-state index contributed by atoms with van der Waals surface area (Å²) in [5, 5.41) is 9.03. The van der Waals surface area contributed by atoms with Gasteiger partial charge in [-0.3, -0.25) is 0 Å². The van der Waals surface area contributed by atoms with E-state index in [1.165, 1.54) is 34.6 Å². The Kier molecular flexibility index (Phi) is 11.5. The van der Waals surface area contributed by atoms with Crippen molar-refractivity contribution < 1.29 is 38.4 Å². The summed E-state index contributed by atoms with van der Waals surface area (Å²) in [4.78, 5) is 62.3. The highest BCUT2D eigenvalue weighted by Gasteiger charge is 2.27. The number of nitrogens with zero attached hydrogens (tertiary/aromatic N) is 3. The molecule has 5 atom stereocenters. The predicted octanol–water partition coefficient (Wildman–Crippen LogP) is -0.0803. The van der Waals surface area contributed by atoms with Gasteiger partial charge in [0.2, 0.25) is 12.6 Å². The van der Waals surface area contributed by atoms with E-state index in [1.807, 2.05) is 0 Å². The molecule has 1 aromatic rings. The molecule has 14 nitrogen and oxygen atoms in total. The van der Waals surface area contributed by atoms with Gasteiger partial charge in [0.05, 0.1) is 13.2 Å². The third-order valence-corrected chi connectivity index (χ3v) is 4.45. The standard InChI is InChI=1S/C21H31N3O11/c1-8-17(26)34-15(6)32-13(4)23-19(28)22(12(3)31-11-10-25)20(29)24(21(23)30)14(5)33-16(7)35-18(27)9-2/h8-9,12-16,25H,1-2,10-11H2,3-7H3. The van der Waals surface area contributed by atoms with Crippen molar-refractivity contribution in [1.29, 1.82) is 0 Å². The predicted molar refractivity (Wildman–Crippen MR) is 120 cm³/mol. The molecule has 0 spiro atoms. The summed E-state index contributed by atoms with van der Waals surface area (Å²) in [6.07, 6.45) is -4.42. The average Bonchev–Trinajstić information content (AvgIpc) is 2.76. The van der Waals surface area contributed by atoms with Gasteiger partial charge in [0.15, 0.2) is 0 Å². The normalized spacial score (nSPS) is 15.4. The van der Waals surface area contributed by atoms with Crippen molar-refractivity contribution >= 4 is 11.9 Å². The summed E-state index contributed by atoms with van der Waals surface area (Å²) in [6.45, 7) is 12.6. The monoisotopic (exact) mass is 501 g/mol. The molecule has 0 saturated carbocycles. The lowest BCUT2D eigenvalue weighted by atomic mass is 10.5. The van der Waals surface area contributed by atoms with Gasteiger partial charge in [-0.05, 0) is 34.6 Å². The number of aromatic nitrogens is 3. The van der Waals surface area contributed by atoms with Gasteiger partial charge < -0.3 is 28.8 Å². The Labute approximate surface area is 200 Å². The fourth-order valence-corrected chi connectivity index (χ4v) is 2.98. The van der Waals surface area contributed by atoms with E-state index in [1.54, 1.807) is 0 Å². The second-order valence-electron chi connectivity index (χ2n) is 7.04. The molecule has 0 fully saturated rings. The molecule has 0 aliphatic heterocycles. The van der Waals surface area contributed by atoms with Crippen LogP contribution in [0.2, 0.25) is 0 Å². The molecule has 35 heavy (non-hydrogen) atoms. The maximum absolute atomic E-state index is 13.2. The third-order valence-electron chi connectivity index (χ3n) is 4.45. The van der Waals surface area contributed by atoms with Gasteiger partial charge in [-0.25, -0.2) is 37.7 Å². The van der Waals surface area contributed by atoms with Crippen molar-refractivity contribution in [2.45, 2.75) is 65.9 Å². The number of esters is 2. The summed E-state index contributed by atoms with van der Waals surface area (Å²) in [7, 11) is 0. The zero-order valence-electron chi connectivity index (χ0n) is 20.2. The maximum Gasteiger partial charge on any atom is 0.340 e. The number of hydrogen-bond acceptors (Lipinski definition) is 11. The average molecular weight is 501 g/mol. The number of carbonyl (C=O) groups excluding carboxylic acids is 2. The van der Waals surface area contributed by atoms with Gasteiger partial charge >= 0.3 is 29.0 Å². The molecule has 14 heteroatoms. The number of rotatable bonds is 14. The van der Waals surface area contributed by atoms with E-state index >= 15 is 0 Å². The summed E-state index contributed by atoms with van der Waals surface area (Å²) in [6, 6.07) is 0. The Morgan fingerprint density at radius 3 is 1.43 bits per heavy atom. The van der Waals surface area contributed by atoms with E-state index < -0.39 is 60.3 Å². The molecule has 0 aliphatic rings. The first kappa shape index (κ1) is 29.7. The molecule has 0 aromatic carbocycles. The van der Waals surface area contributed by atoms with E-state index in [0.29, 0.717) is 13.7 Å². The van der Waals surface area contributed by atoms with Gasteiger partial charge in [-0.15, -0.1) is 0 Å². The number of hydrogen-bond donors (Lipinski definition) is 1. The van der Waals surface area contributed by atoms with Crippen molar-refractivity contribution in [1.82, 2.24) is 13.7 Å². The minimum absolute atomic E-state index is 0.201. The molecule has 0 radical (unpaired) electrons. The number of aliphatic hydroxyl groups excluding tert-OH is 1. The second-order valence-corrected chi connectivity index (χ2v) is 7.04. The molecule has 0 aliphatic carbocycles. The van der Waals surface area contributed by atoms with Crippen LogP contribution in [-0.4, -0.2) is 56.5 Å². The van der Waals surface area contributed by atoms with Crippen LogP contribution in [0.4, 0.5) is 0 Å². The van der Waals surface area contributed by atoms with Crippen LogP contribution in [0.15, 0.2) is 39.7 Å². The highest BCUT2D eigenvalue weighted by atomic mass is 16.7. The van der Waals surface area contributed by atoms with Crippen LogP contribution in [0.1, 0.15) is 53.3 Å². The molecule has 1 heterocycles. The molecule has 5 unspecified atom stereocenters. The van der Waals surface area contributed by atoms with Gasteiger partial charge in [-0.1, -0.05) is 13.2 Å². The Bertz CT molecular complexity index is 1010. The van der Waals surface area contributed by atoms with Gasteiger partial charge in [0.1, 0.15) is 18.7 Å². The molecule has 1 rings (SSSR count). The number of carbonyl (C=O) groups is 2. The van der Waals surface area contributed by atoms with Crippen LogP contribution < -0.4 is 17.1 Å². The van der Waals surface area contributed by atoms with Crippen LogP contribution in [0.3, 0.4) is 0 Å². The first-order chi connectivity index (χ1) is 16.4. The zero-order chi connectivity index (χ0) is 26.9. The molecule has 1 N–H and O–H groups in total. The topological polar surface area (TPSA) is 167 Å². The summed E-state index contributed by atoms with van der Waals surface area (Å²) in [5.74, 6) is -1.59. The molecule has 196 valence electrons. The molecule has 1 aromatic heterocycles. The first-order valence-electron chi connectivity index (χ1n) is 10.6. The Morgan fingerprint density at radius 1 is 0.771 bits per heavy atom. The van der Waals surface area contributed by atoms with Crippen molar-refractivity contribution in [3.8, 4) is 0 Å². The van der Waals surface area contributed by atoms with Crippen molar-refractivity contribution in [2.24, 2.45) is 0 Å². The highest BCUT2D eigenvalue weighted by Crippen LogP contribution is 2.11. The summed E-state index contributed by atoms with van der Waals surface area (Å²) < 4.78 is 27.8. The first-order valence-corrected chi connectivity index (χ1v) is 10.6. The zero-order valence-corrected chi connectivity index (χ0v) is 20.2. The second kappa shape index (κ2) is 13.5. The van der Waals surface area contributed by atoms with E-state index in [2.05, 4.69) is 13.2 Å². The van der Waals surface area contributed by atoms with Crippen LogP contribution in [0.25, 0.3) is 0 Å². The SMILES string of the molecule is C=CC(=O)OC(C)OC(C)n1c(=O)n(C(C)OCCO)c(=O)n(C(C)OC(C)OC(=O)C=C)c1=O. The van der Waals surface area contributed by atoms with Crippen molar-refractivity contribution in [3.63, 3.8) is 0 Å². The summed E-state index contributed by atoms with van der Waals surface area (Å²) >= 11 is 0. The van der Waals surface area contributed by atoms with Gasteiger partial charge in [0, 0.05) is 12.2 Å². The Morgan fingerprint density at radius 2 is 1.11 bits per heavy atom. The van der Waals surface area contributed by atoms with Crippen LogP contribution in [0.5, 0.6) is 0 Å². The third kappa shape index (κ3) is 7.85. The lowest BCUT2D eigenvalue weighted by Gasteiger charge is -2.26. The van der Waals surface area contributed by atoms with E-state index in [-0.39, 0.29) is 13.2 Å². The minimum Gasteiger partial charge on any atom is -0.433 e. The van der Waals surface area contributed by atoms with E-state index in [9.17, 15) is 24.0 Å². The van der Waals surface area contributed by atoms with Crippen molar-refractivity contribution in [2.75, 3.05) is 13.2 Å². The fraction of sp³-hybridized carbons (Fsp3) is 0.571. The molecule has 0 saturated heterocycles. The highest BCUT2D eigenvalue weighted by molar-refractivity contribution is 5.81. The molecule has 0 amide bonds. The van der Waals surface area contributed by atoms with Crippen molar-refractivity contribution in [3.05, 3.63) is 56.8 Å². The van der Waals surface area contributed by atoms with Gasteiger partial charge in [-0.2, -0.15) is 0 Å². The summed E-state index contributed by atoms with van der Waals surface area (Å²) in [5.41, 5.74) is -3.29. The lowest BCUT2D eigenvalue weighted by molar-refractivity contribution is -0.191. The Hall–Kier alpha value is -3.33. The van der Waals surface area contributed by atoms with E-state index in [4.69, 9.17) is 28.8 Å². The largest absolute Gasteiger partial charge is 0.433 e.